The second-order valence-corrected chi connectivity index (χ2v) is 4.50. The Morgan fingerprint density at radius 1 is 1.18 bits per heavy atom. The molecule has 0 atom stereocenters. The molecule has 0 radical (unpaired) electrons. The Bertz CT molecular complexity index is 673. The zero-order valence-corrected chi connectivity index (χ0v) is 12.0. The first-order chi connectivity index (χ1) is 10.4. The van der Waals surface area contributed by atoms with Gasteiger partial charge in [0.05, 0.1) is 13.7 Å². The van der Waals surface area contributed by atoms with Crippen molar-refractivity contribution in [2.75, 3.05) is 20.2 Å². The number of ketones is 1. The van der Waals surface area contributed by atoms with Gasteiger partial charge in [0.2, 0.25) is 0 Å². The van der Waals surface area contributed by atoms with E-state index in [1.807, 2.05) is 0 Å². The molecule has 2 rings (SSSR count). The highest BCUT2D eigenvalue weighted by atomic mass is 19.1. The molecular weight excluding hydrogens is 295 g/mol. The number of ether oxygens (including phenoxy) is 1. The fourth-order valence-corrected chi connectivity index (χ4v) is 2.04. The molecule has 0 N–H and O–H groups in total. The first-order valence-electron chi connectivity index (χ1n) is 6.44. The van der Waals surface area contributed by atoms with E-state index in [0.29, 0.717) is 4.90 Å². The number of hydrogen-bond acceptors (Lipinski definition) is 5. The molecule has 1 aromatic carbocycles. The van der Waals surface area contributed by atoms with E-state index < -0.39 is 36.0 Å². The average molecular weight is 308 g/mol. The standard InChI is InChI=1S/C14H13FN2O5/c1-3-16-12(19)13(20)17(14(16)21)7-10(18)8-4-5-11(22-2)9(15)6-8/h4-6H,3,7H2,1-2H3. The Labute approximate surface area is 125 Å². The van der Waals surface area contributed by atoms with Gasteiger partial charge in [0.1, 0.15) is 0 Å². The van der Waals surface area contributed by atoms with Gasteiger partial charge >= 0.3 is 17.8 Å². The lowest BCUT2D eigenvalue weighted by molar-refractivity contribution is -0.143. The Morgan fingerprint density at radius 2 is 1.82 bits per heavy atom. The van der Waals surface area contributed by atoms with E-state index in [1.165, 1.54) is 26.2 Å². The van der Waals surface area contributed by atoms with Crippen molar-refractivity contribution in [1.82, 2.24) is 9.80 Å². The summed E-state index contributed by atoms with van der Waals surface area (Å²) >= 11 is 0. The minimum atomic E-state index is -1.06. The predicted octanol–water partition coefficient (Wildman–Crippen LogP) is 0.828. The third kappa shape index (κ3) is 2.54. The number of nitrogens with zero attached hydrogens (tertiary/aromatic N) is 2. The number of amides is 4. The summed E-state index contributed by atoms with van der Waals surface area (Å²) in [6.07, 6.45) is 0. The monoisotopic (exact) mass is 308 g/mol. The number of carbonyl (C=O) groups excluding carboxylic acids is 4. The first kappa shape index (κ1) is 15.6. The Hall–Kier alpha value is -2.77. The van der Waals surface area contributed by atoms with Crippen molar-refractivity contribution < 1.29 is 28.3 Å². The third-order valence-corrected chi connectivity index (χ3v) is 3.23. The number of methoxy groups -OCH3 is 1. The van der Waals surface area contributed by atoms with E-state index in [-0.39, 0.29) is 17.9 Å². The number of carbonyl (C=O) groups is 4. The van der Waals surface area contributed by atoms with Crippen LogP contribution in [-0.2, 0) is 9.59 Å². The normalized spacial score (nSPS) is 14.8. The number of urea groups is 1. The predicted molar refractivity (Wildman–Crippen MR) is 71.8 cm³/mol. The maximum absolute atomic E-state index is 13.6. The highest BCUT2D eigenvalue weighted by Gasteiger charge is 2.44. The van der Waals surface area contributed by atoms with Gasteiger partial charge in [-0.3, -0.25) is 19.3 Å². The highest BCUT2D eigenvalue weighted by Crippen LogP contribution is 2.19. The van der Waals surface area contributed by atoms with Gasteiger partial charge in [-0.2, -0.15) is 0 Å². The van der Waals surface area contributed by atoms with Gasteiger partial charge in [-0.1, -0.05) is 0 Å². The molecule has 0 spiro atoms. The highest BCUT2D eigenvalue weighted by molar-refractivity contribution is 6.45. The van der Waals surface area contributed by atoms with Crippen molar-refractivity contribution in [1.29, 1.82) is 0 Å². The van der Waals surface area contributed by atoms with Crippen LogP contribution in [-0.4, -0.2) is 53.6 Å². The molecule has 22 heavy (non-hydrogen) atoms. The topological polar surface area (TPSA) is 84.0 Å². The Kier molecular flexibility index (Phi) is 4.20. The molecule has 116 valence electrons. The number of imide groups is 2. The van der Waals surface area contributed by atoms with Crippen LogP contribution in [0.15, 0.2) is 18.2 Å². The van der Waals surface area contributed by atoms with E-state index in [1.54, 1.807) is 0 Å². The van der Waals surface area contributed by atoms with Gasteiger partial charge in [-0.05, 0) is 25.1 Å². The van der Waals surface area contributed by atoms with Crippen molar-refractivity contribution in [3.8, 4) is 5.75 Å². The second-order valence-electron chi connectivity index (χ2n) is 4.50. The first-order valence-corrected chi connectivity index (χ1v) is 6.44. The van der Waals surface area contributed by atoms with Crippen LogP contribution in [0.1, 0.15) is 17.3 Å². The van der Waals surface area contributed by atoms with Crippen LogP contribution < -0.4 is 4.74 Å². The average Bonchev–Trinajstić information content (AvgIpc) is 2.70. The number of likely N-dealkylation sites (N-methyl/N-ethyl adjacent to an activating group) is 1. The molecular formula is C14H13FN2O5. The van der Waals surface area contributed by atoms with Gasteiger partial charge in [0.15, 0.2) is 17.3 Å². The van der Waals surface area contributed by atoms with E-state index in [0.717, 1.165) is 11.0 Å². The maximum Gasteiger partial charge on any atom is 0.334 e. The summed E-state index contributed by atoms with van der Waals surface area (Å²) in [5, 5.41) is 0. The molecule has 1 saturated heterocycles. The molecule has 1 aliphatic heterocycles. The molecule has 1 aliphatic rings. The molecule has 7 nitrogen and oxygen atoms in total. The Morgan fingerprint density at radius 3 is 2.32 bits per heavy atom. The minimum Gasteiger partial charge on any atom is -0.494 e. The van der Waals surface area contributed by atoms with Gasteiger partial charge in [-0.15, -0.1) is 0 Å². The fourth-order valence-electron chi connectivity index (χ4n) is 2.04. The van der Waals surface area contributed by atoms with Crippen molar-refractivity contribution in [3.63, 3.8) is 0 Å². The number of halogens is 1. The number of rotatable bonds is 5. The zero-order chi connectivity index (χ0) is 16.4. The summed E-state index contributed by atoms with van der Waals surface area (Å²) in [4.78, 5) is 48.4. The van der Waals surface area contributed by atoms with Gasteiger partial charge in [-0.25, -0.2) is 14.1 Å². The van der Waals surface area contributed by atoms with Gasteiger partial charge in [0.25, 0.3) is 0 Å². The van der Waals surface area contributed by atoms with Crippen LogP contribution >= 0.6 is 0 Å². The summed E-state index contributed by atoms with van der Waals surface area (Å²) in [5.41, 5.74) is -0.0266. The molecule has 8 heteroatoms. The van der Waals surface area contributed by atoms with E-state index in [2.05, 4.69) is 0 Å². The number of Topliss-reactive ketones (excluding diaryl/α,β-unsaturated/α-hetero) is 1. The quantitative estimate of drug-likeness (QED) is 0.457. The lowest BCUT2D eigenvalue weighted by Crippen LogP contribution is -2.37. The third-order valence-electron chi connectivity index (χ3n) is 3.23. The summed E-state index contributed by atoms with van der Waals surface area (Å²) in [5.74, 6) is -3.46. The smallest absolute Gasteiger partial charge is 0.334 e. The second kappa shape index (κ2) is 5.92. The molecule has 1 heterocycles. The molecule has 0 unspecified atom stereocenters. The summed E-state index contributed by atoms with van der Waals surface area (Å²) in [7, 11) is 1.28. The lowest BCUT2D eigenvalue weighted by Gasteiger charge is -2.13. The van der Waals surface area contributed by atoms with E-state index in [9.17, 15) is 23.6 Å². The summed E-state index contributed by atoms with van der Waals surface area (Å²) in [6, 6.07) is 2.68. The van der Waals surface area contributed by atoms with Crippen molar-refractivity contribution >= 4 is 23.6 Å². The molecule has 1 aromatic rings. The molecule has 4 amide bonds. The number of benzene rings is 1. The minimum absolute atomic E-state index is 0.0266. The van der Waals surface area contributed by atoms with Gasteiger partial charge < -0.3 is 4.74 Å². The van der Waals surface area contributed by atoms with Crippen LogP contribution in [0.25, 0.3) is 0 Å². The maximum atomic E-state index is 13.6. The molecule has 1 fully saturated rings. The Balaban J connectivity index is 2.19. The zero-order valence-electron chi connectivity index (χ0n) is 12.0. The fraction of sp³-hybridized carbons (Fsp3) is 0.286. The van der Waals surface area contributed by atoms with Crippen LogP contribution in [0.4, 0.5) is 9.18 Å². The summed E-state index contributed by atoms with van der Waals surface area (Å²) in [6.45, 7) is 0.949. The van der Waals surface area contributed by atoms with E-state index in [4.69, 9.17) is 4.74 Å². The van der Waals surface area contributed by atoms with E-state index >= 15 is 0 Å². The van der Waals surface area contributed by atoms with Crippen LogP contribution in [0, 0.1) is 5.82 Å². The van der Waals surface area contributed by atoms with Crippen LogP contribution in [0.5, 0.6) is 5.75 Å². The largest absolute Gasteiger partial charge is 0.494 e. The van der Waals surface area contributed by atoms with Crippen LogP contribution in [0.2, 0.25) is 0 Å². The SMILES string of the molecule is CCN1C(=O)C(=O)N(CC(=O)c2ccc(OC)c(F)c2)C1=O. The van der Waals surface area contributed by atoms with Crippen molar-refractivity contribution in [2.45, 2.75) is 6.92 Å². The van der Waals surface area contributed by atoms with Crippen LogP contribution in [0.3, 0.4) is 0 Å². The molecule has 0 aliphatic carbocycles. The van der Waals surface area contributed by atoms with Crippen molar-refractivity contribution in [3.05, 3.63) is 29.6 Å². The molecule has 0 bridgehead atoms. The van der Waals surface area contributed by atoms with Gasteiger partial charge in [0, 0.05) is 12.1 Å². The van der Waals surface area contributed by atoms with Crippen molar-refractivity contribution in [2.24, 2.45) is 0 Å². The number of hydrogen-bond donors (Lipinski definition) is 0. The molecule has 0 saturated carbocycles. The summed E-state index contributed by atoms with van der Waals surface area (Å²) < 4.78 is 18.3. The molecule has 0 aromatic heterocycles. The lowest BCUT2D eigenvalue weighted by atomic mass is 10.1.